The van der Waals surface area contributed by atoms with Gasteiger partial charge in [0, 0.05) is 7.05 Å². The molecule has 0 spiro atoms. The molecule has 1 atom stereocenters. The Morgan fingerprint density at radius 3 is 2.78 bits per heavy atom. The van der Waals surface area contributed by atoms with Gasteiger partial charge in [0.1, 0.15) is 6.10 Å². The first-order chi connectivity index (χ1) is 4.20. The summed E-state index contributed by atoms with van der Waals surface area (Å²) >= 11 is 4.72. The Kier molecular flexibility index (Phi) is 4.05. The van der Waals surface area contributed by atoms with Crippen molar-refractivity contribution >= 4 is 17.4 Å². The molecule has 0 bridgehead atoms. The van der Waals surface area contributed by atoms with Crippen LogP contribution in [0.15, 0.2) is 12.7 Å². The van der Waals surface area contributed by atoms with Crippen molar-refractivity contribution in [1.29, 1.82) is 0 Å². The lowest BCUT2D eigenvalue weighted by Crippen LogP contribution is -2.22. The van der Waals surface area contributed by atoms with Crippen LogP contribution < -0.4 is 5.32 Å². The second-order valence-electron chi connectivity index (χ2n) is 1.60. The van der Waals surface area contributed by atoms with Gasteiger partial charge in [-0.3, -0.25) is 0 Å². The predicted molar refractivity (Wildman–Crippen MR) is 42.4 cm³/mol. The van der Waals surface area contributed by atoms with E-state index >= 15 is 0 Å². The quantitative estimate of drug-likeness (QED) is 0.464. The van der Waals surface area contributed by atoms with E-state index in [1.54, 1.807) is 13.1 Å². The van der Waals surface area contributed by atoms with Crippen molar-refractivity contribution in [3.05, 3.63) is 12.7 Å². The summed E-state index contributed by atoms with van der Waals surface area (Å²) in [6, 6.07) is 0. The zero-order valence-electron chi connectivity index (χ0n) is 5.68. The number of hydrogen-bond donors (Lipinski definition) is 1. The highest BCUT2D eigenvalue weighted by atomic mass is 32.1. The molecule has 0 aliphatic carbocycles. The van der Waals surface area contributed by atoms with Crippen molar-refractivity contribution < 1.29 is 4.74 Å². The first-order valence-corrected chi connectivity index (χ1v) is 3.12. The van der Waals surface area contributed by atoms with E-state index in [1.807, 2.05) is 6.92 Å². The second kappa shape index (κ2) is 4.32. The fourth-order valence-electron chi connectivity index (χ4n) is 0.276. The molecule has 0 saturated carbocycles. The standard InChI is InChI=1S/C6H11NOS/c1-4-5(2)8-6(9)7-3/h4-5H,1H2,2-3H3,(H,7,9). The third-order valence-corrected chi connectivity index (χ3v) is 1.13. The minimum Gasteiger partial charge on any atom is -0.464 e. The maximum atomic E-state index is 5.05. The monoisotopic (exact) mass is 145 g/mol. The molecule has 0 heterocycles. The van der Waals surface area contributed by atoms with Crippen LogP contribution in [-0.4, -0.2) is 18.3 Å². The number of hydrogen-bond acceptors (Lipinski definition) is 2. The molecule has 0 rings (SSSR count). The van der Waals surface area contributed by atoms with Gasteiger partial charge in [0.25, 0.3) is 5.17 Å². The van der Waals surface area contributed by atoms with E-state index in [0.717, 1.165) is 0 Å². The Morgan fingerprint density at radius 1 is 1.89 bits per heavy atom. The topological polar surface area (TPSA) is 21.3 Å². The van der Waals surface area contributed by atoms with E-state index in [2.05, 4.69) is 11.9 Å². The molecule has 1 N–H and O–H groups in total. The molecule has 0 amide bonds. The van der Waals surface area contributed by atoms with Crippen molar-refractivity contribution in [3.63, 3.8) is 0 Å². The average Bonchev–Trinajstić information content (AvgIpc) is 1.87. The summed E-state index contributed by atoms with van der Waals surface area (Å²) in [6.45, 7) is 5.41. The maximum absolute atomic E-state index is 5.05. The highest BCUT2D eigenvalue weighted by Crippen LogP contribution is 1.90. The molecule has 9 heavy (non-hydrogen) atoms. The van der Waals surface area contributed by atoms with Crippen LogP contribution in [-0.2, 0) is 4.74 Å². The fourth-order valence-corrected chi connectivity index (χ4v) is 0.428. The number of rotatable bonds is 2. The van der Waals surface area contributed by atoms with Crippen LogP contribution in [0.2, 0.25) is 0 Å². The van der Waals surface area contributed by atoms with Crippen molar-refractivity contribution in [1.82, 2.24) is 5.32 Å². The van der Waals surface area contributed by atoms with Crippen molar-refractivity contribution in [3.8, 4) is 0 Å². The van der Waals surface area contributed by atoms with E-state index < -0.39 is 0 Å². The summed E-state index contributed by atoms with van der Waals surface area (Å²) in [7, 11) is 1.72. The van der Waals surface area contributed by atoms with E-state index in [4.69, 9.17) is 17.0 Å². The van der Waals surface area contributed by atoms with Crippen LogP contribution in [0, 0.1) is 0 Å². The Hall–Kier alpha value is -0.570. The van der Waals surface area contributed by atoms with Gasteiger partial charge in [0.05, 0.1) is 0 Å². The first kappa shape index (κ1) is 8.43. The van der Waals surface area contributed by atoms with Crippen LogP contribution in [0.5, 0.6) is 0 Å². The highest BCUT2D eigenvalue weighted by molar-refractivity contribution is 7.80. The smallest absolute Gasteiger partial charge is 0.256 e. The summed E-state index contributed by atoms with van der Waals surface area (Å²) in [5.74, 6) is 0. The Morgan fingerprint density at radius 2 is 2.44 bits per heavy atom. The average molecular weight is 145 g/mol. The molecule has 0 fully saturated rings. The fraction of sp³-hybridized carbons (Fsp3) is 0.500. The zero-order chi connectivity index (χ0) is 7.28. The molecule has 0 aliphatic rings. The van der Waals surface area contributed by atoms with Crippen LogP contribution in [0.4, 0.5) is 0 Å². The molecule has 52 valence electrons. The van der Waals surface area contributed by atoms with E-state index in [-0.39, 0.29) is 6.10 Å². The van der Waals surface area contributed by atoms with Gasteiger partial charge in [-0.2, -0.15) is 0 Å². The summed E-state index contributed by atoms with van der Waals surface area (Å²) in [5.41, 5.74) is 0. The summed E-state index contributed by atoms with van der Waals surface area (Å²) in [6.07, 6.45) is 1.67. The van der Waals surface area contributed by atoms with Crippen LogP contribution in [0.25, 0.3) is 0 Å². The number of nitrogens with one attached hydrogen (secondary N) is 1. The maximum Gasteiger partial charge on any atom is 0.256 e. The third kappa shape index (κ3) is 3.97. The minimum absolute atomic E-state index is 0.00931. The molecule has 0 aromatic heterocycles. The van der Waals surface area contributed by atoms with E-state index in [0.29, 0.717) is 5.17 Å². The van der Waals surface area contributed by atoms with Crippen LogP contribution >= 0.6 is 12.2 Å². The van der Waals surface area contributed by atoms with Crippen molar-refractivity contribution in [2.75, 3.05) is 7.05 Å². The second-order valence-corrected chi connectivity index (χ2v) is 1.97. The number of thiocarbonyl (C=S) groups is 1. The summed E-state index contributed by atoms with van der Waals surface area (Å²) < 4.78 is 5.05. The predicted octanol–water partition coefficient (Wildman–Crippen LogP) is 1.08. The highest BCUT2D eigenvalue weighted by Gasteiger charge is 1.96. The molecule has 0 aliphatic heterocycles. The SMILES string of the molecule is C=CC(C)OC(=S)NC. The lowest BCUT2D eigenvalue weighted by molar-refractivity contribution is 0.254. The molecular formula is C6H11NOS. The summed E-state index contributed by atoms with van der Waals surface area (Å²) in [5, 5.41) is 3.10. The molecule has 0 aromatic carbocycles. The Labute approximate surface area is 60.9 Å². The van der Waals surface area contributed by atoms with Gasteiger partial charge in [-0.15, -0.1) is 0 Å². The third-order valence-electron chi connectivity index (χ3n) is 0.829. The molecule has 2 nitrogen and oxygen atoms in total. The minimum atomic E-state index is -0.00931. The van der Waals surface area contributed by atoms with Gasteiger partial charge in [-0.05, 0) is 19.1 Å². The number of ether oxygens (including phenoxy) is 1. The normalized spacial score (nSPS) is 11.8. The van der Waals surface area contributed by atoms with Gasteiger partial charge < -0.3 is 10.1 Å². The molecular weight excluding hydrogens is 134 g/mol. The van der Waals surface area contributed by atoms with Gasteiger partial charge in [0.2, 0.25) is 0 Å². The van der Waals surface area contributed by atoms with Crippen LogP contribution in [0.1, 0.15) is 6.92 Å². The largest absolute Gasteiger partial charge is 0.464 e. The molecule has 1 unspecified atom stereocenters. The lowest BCUT2D eigenvalue weighted by Gasteiger charge is -2.09. The molecule has 0 radical (unpaired) electrons. The molecule has 0 saturated heterocycles. The van der Waals surface area contributed by atoms with E-state index in [1.165, 1.54) is 0 Å². The first-order valence-electron chi connectivity index (χ1n) is 2.71. The van der Waals surface area contributed by atoms with Crippen molar-refractivity contribution in [2.24, 2.45) is 0 Å². The van der Waals surface area contributed by atoms with Gasteiger partial charge in [-0.1, -0.05) is 12.7 Å². The molecule has 0 aromatic rings. The Balaban J connectivity index is 3.46. The Bertz CT molecular complexity index is 114. The lowest BCUT2D eigenvalue weighted by atomic mass is 10.4. The van der Waals surface area contributed by atoms with E-state index in [9.17, 15) is 0 Å². The van der Waals surface area contributed by atoms with Crippen molar-refractivity contribution in [2.45, 2.75) is 13.0 Å². The van der Waals surface area contributed by atoms with Gasteiger partial charge in [-0.25, -0.2) is 0 Å². The van der Waals surface area contributed by atoms with Gasteiger partial charge in [0.15, 0.2) is 0 Å². The van der Waals surface area contributed by atoms with Crippen LogP contribution in [0.3, 0.4) is 0 Å². The van der Waals surface area contributed by atoms with Gasteiger partial charge >= 0.3 is 0 Å². The molecule has 3 heteroatoms. The zero-order valence-corrected chi connectivity index (χ0v) is 6.49. The summed E-state index contributed by atoms with van der Waals surface area (Å²) in [4.78, 5) is 0.